The molecule has 0 radical (unpaired) electrons. The summed E-state index contributed by atoms with van der Waals surface area (Å²) in [5, 5.41) is 2.76. The Kier molecular flexibility index (Phi) is 4.44. The molecule has 1 aromatic carbocycles. The van der Waals surface area contributed by atoms with E-state index in [0.717, 1.165) is 36.3 Å². The van der Waals surface area contributed by atoms with Crippen molar-refractivity contribution in [2.45, 2.75) is 56.9 Å². The van der Waals surface area contributed by atoms with E-state index in [-0.39, 0.29) is 24.0 Å². The number of carbonyl (C=O) groups is 2. The lowest BCUT2D eigenvalue weighted by Crippen LogP contribution is -2.49. The molecule has 1 unspecified atom stereocenters. The van der Waals surface area contributed by atoms with Gasteiger partial charge in [0.05, 0.1) is 6.10 Å². The van der Waals surface area contributed by atoms with Crippen molar-refractivity contribution in [2.24, 2.45) is 0 Å². The molecule has 2 fully saturated rings. The number of ether oxygens (including phenoxy) is 2. The van der Waals surface area contributed by atoms with Crippen LogP contribution in [-0.2, 0) is 16.1 Å². The first-order chi connectivity index (χ1) is 12.6. The number of fused-ring (bicyclic) bond motifs is 1. The van der Waals surface area contributed by atoms with Crippen LogP contribution in [0.15, 0.2) is 30.5 Å². The van der Waals surface area contributed by atoms with Crippen LogP contribution in [0.5, 0.6) is 5.75 Å². The predicted octanol–water partition coefficient (Wildman–Crippen LogP) is 2.38. The molecule has 26 heavy (non-hydrogen) atoms. The predicted molar refractivity (Wildman–Crippen MR) is 95.7 cm³/mol. The molecule has 0 bridgehead atoms. The van der Waals surface area contributed by atoms with Gasteiger partial charge in [0.2, 0.25) is 5.91 Å². The Morgan fingerprint density at radius 1 is 1.19 bits per heavy atom. The molecule has 1 saturated carbocycles. The minimum absolute atomic E-state index is 0.0568. The van der Waals surface area contributed by atoms with Gasteiger partial charge in [-0.25, -0.2) is 0 Å². The molecule has 6 nitrogen and oxygen atoms in total. The zero-order valence-corrected chi connectivity index (χ0v) is 15.0. The van der Waals surface area contributed by atoms with Crippen LogP contribution >= 0.6 is 0 Å². The number of amides is 2. The number of hydrogen-bond acceptors (Lipinski definition) is 4. The molecule has 1 aliphatic carbocycles. The maximum atomic E-state index is 12.7. The van der Waals surface area contributed by atoms with Crippen LogP contribution in [-0.4, -0.2) is 42.1 Å². The summed E-state index contributed by atoms with van der Waals surface area (Å²) in [4.78, 5) is 26.6. The summed E-state index contributed by atoms with van der Waals surface area (Å²) in [5.74, 6) is 0.524. The number of allylic oxidation sites excluding steroid dienone is 1. The third kappa shape index (κ3) is 2.98. The van der Waals surface area contributed by atoms with Crippen LogP contribution in [0.3, 0.4) is 0 Å². The number of nitrogens with one attached hydrogen (secondary N) is 1. The van der Waals surface area contributed by atoms with Gasteiger partial charge in [-0.1, -0.05) is 6.58 Å². The lowest BCUT2D eigenvalue weighted by Gasteiger charge is -2.30. The summed E-state index contributed by atoms with van der Waals surface area (Å²) in [6.07, 6.45) is 4.59. The highest BCUT2D eigenvalue weighted by atomic mass is 16.5. The first-order valence-electron chi connectivity index (χ1n) is 9.19. The Bertz CT molecular complexity index is 760. The average molecular weight is 356 g/mol. The van der Waals surface area contributed by atoms with Gasteiger partial charge in [0, 0.05) is 24.9 Å². The molecule has 1 N–H and O–H groups in total. The molecule has 0 aromatic heterocycles. The summed E-state index contributed by atoms with van der Waals surface area (Å²) in [7, 11) is 1.72. The maximum absolute atomic E-state index is 12.7. The van der Waals surface area contributed by atoms with Crippen molar-refractivity contribution >= 4 is 11.8 Å². The van der Waals surface area contributed by atoms with Gasteiger partial charge in [0.15, 0.2) is 0 Å². The molecule has 2 heterocycles. The zero-order valence-electron chi connectivity index (χ0n) is 15.0. The summed E-state index contributed by atoms with van der Waals surface area (Å²) < 4.78 is 11.6. The van der Waals surface area contributed by atoms with Crippen LogP contribution in [0.4, 0.5) is 0 Å². The van der Waals surface area contributed by atoms with Crippen LogP contribution in [0.25, 0.3) is 0 Å². The lowest BCUT2D eigenvalue weighted by atomic mass is 10.0. The topological polar surface area (TPSA) is 67.9 Å². The maximum Gasteiger partial charge on any atom is 0.255 e. The summed E-state index contributed by atoms with van der Waals surface area (Å²) in [5.41, 5.74) is 2.29. The van der Waals surface area contributed by atoms with Crippen LogP contribution in [0.2, 0.25) is 0 Å². The van der Waals surface area contributed by atoms with Gasteiger partial charge in [-0.15, -0.1) is 0 Å². The molecule has 138 valence electrons. The molecule has 4 rings (SSSR count). The van der Waals surface area contributed by atoms with E-state index in [1.165, 1.54) is 0 Å². The first kappa shape index (κ1) is 17.1. The molecule has 1 saturated heterocycles. The minimum Gasteiger partial charge on any atom is -0.488 e. The summed E-state index contributed by atoms with van der Waals surface area (Å²) in [6.45, 7) is 4.23. The van der Waals surface area contributed by atoms with Gasteiger partial charge in [0.25, 0.3) is 5.91 Å². The Labute approximate surface area is 153 Å². The van der Waals surface area contributed by atoms with Gasteiger partial charge in [-0.3, -0.25) is 9.59 Å². The molecule has 0 spiro atoms. The largest absolute Gasteiger partial charge is 0.488 e. The normalized spacial score (nSPS) is 28.3. The number of carbonyl (C=O) groups excluding carboxylic acids is 2. The second-order valence-corrected chi connectivity index (χ2v) is 7.26. The SMILES string of the molecule is C=C1CCC(N2Cc3cc(O[C@H]4CCC[C@H]4OC)ccc3C2=O)C(=O)N1. The fourth-order valence-electron chi connectivity index (χ4n) is 4.18. The van der Waals surface area contributed by atoms with Crippen molar-refractivity contribution in [1.82, 2.24) is 10.2 Å². The number of benzene rings is 1. The minimum atomic E-state index is -0.433. The molecule has 3 atom stereocenters. The van der Waals surface area contributed by atoms with Crippen molar-refractivity contribution in [3.8, 4) is 5.75 Å². The fourth-order valence-corrected chi connectivity index (χ4v) is 4.18. The summed E-state index contributed by atoms with van der Waals surface area (Å²) >= 11 is 0. The molecule has 2 amide bonds. The zero-order chi connectivity index (χ0) is 18.3. The third-order valence-electron chi connectivity index (χ3n) is 5.59. The quantitative estimate of drug-likeness (QED) is 0.899. The number of rotatable bonds is 4. The van der Waals surface area contributed by atoms with E-state index in [4.69, 9.17) is 9.47 Å². The van der Waals surface area contributed by atoms with E-state index >= 15 is 0 Å². The van der Waals surface area contributed by atoms with E-state index in [9.17, 15) is 9.59 Å². The molecule has 6 heteroatoms. The van der Waals surface area contributed by atoms with Crippen molar-refractivity contribution in [3.63, 3.8) is 0 Å². The molecule has 2 aliphatic heterocycles. The van der Waals surface area contributed by atoms with Crippen molar-refractivity contribution in [2.75, 3.05) is 7.11 Å². The Morgan fingerprint density at radius 3 is 2.77 bits per heavy atom. The second kappa shape index (κ2) is 6.76. The summed E-state index contributed by atoms with van der Waals surface area (Å²) in [6, 6.07) is 5.15. The monoisotopic (exact) mass is 356 g/mol. The van der Waals surface area contributed by atoms with Gasteiger partial charge in [-0.05, 0) is 55.9 Å². The molecule has 1 aromatic rings. The Morgan fingerprint density at radius 2 is 2.00 bits per heavy atom. The third-order valence-corrected chi connectivity index (χ3v) is 5.59. The standard InChI is InChI=1S/C20H24N2O4/c1-12-6-9-16(19(23)21-12)22-11-13-10-14(7-8-15(13)20(22)24)26-18-5-3-4-17(18)25-2/h7-8,10,16-18H,1,3-6,9,11H2,2H3,(H,21,23)/t16?,17-,18+/m1/s1. The molecular formula is C20H24N2O4. The van der Waals surface area contributed by atoms with Crippen LogP contribution < -0.4 is 10.1 Å². The first-order valence-corrected chi connectivity index (χ1v) is 9.19. The van der Waals surface area contributed by atoms with E-state index in [1.807, 2.05) is 18.2 Å². The van der Waals surface area contributed by atoms with Crippen molar-refractivity contribution in [3.05, 3.63) is 41.6 Å². The number of piperidine rings is 1. The number of hydrogen-bond donors (Lipinski definition) is 1. The lowest BCUT2D eigenvalue weighted by molar-refractivity contribution is -0.126. The fraction of sp³-hybridized carbons (Fsp3) is 0.500. The van der Waals surface area contributed by atoms with E-state index in [2.05, 4.69) is 11.9 Å². The van der Waals surface area contributed by atoms with Gasteiger partial charge in [-0.2, -0.15) is 0 Å². The van der Waals surface area contributed by atoms with E-state index in [1.54, 1.807) is 12.0 Å². The van der Waals surface area contributed by atoms with Gasteiger partial charge < -0.3 is 19.7 Å². The Hall–Kier alpha value is -2.34. The van der Waals surface area contributed by atoms with Gasteiger partial charge >= 0.3 is 0 Å². The molecular weight excluding hydrogens is 332 g/mol. The van der Waals surface area contributed by atoms with E-state index in [0.29, 0.717) is 24.9 Å². The smallest absolute Gasteiger partial charge is 0.255 e. The van der Waals surface area contributed by atoms with E-state index < -0.39 is 6.04 Å². The molecule has 3 aliphatic rings. The number of methoxy groups -OCH3 is 1. The van der Waals surface area contributed by atoms with Crippen molar-refractivity contribution < 1.29 is 19.1 Å². The number of nitrogens with zero attached hydrogens (tertiary/aromatic N) is 1. The van der Waals surface area contributed by atoms with Gasteiger partial charge in [0.1, 0.15) is 17.9 Å². The highest BCUT2D eigenvalue weighted by molar-refractivity contribution is 6.01. The second-order valence-electron chi connectivity index (χ2n) is 7.26. The Balaban J connectivity index is 1.50. The highest BCUT2D eigenvalue weighted by Crippen LogP contribution is 2.32. The van der Waals surface area contributed by atoms with Crippen LogP contribution in [0.1, 0.15) is 48.0 Å². The average Bonchev–Trinajstić information content (AvgIpc) is 3.19. The van der Waals surface area contributed by atoms with Crippen LogP contribution in [0, 0.1) is 0 Å². The van der Waals surface area contributed by atoms with Crippen molar-refractivity contribution in [1.29, 1.82) is 0 Å². The highest BCUT2D eigenvalue weighted by Gasteiger charge is 2.38.